The highest BCUT2D eigenvalue weighted by Crippen LogP contribution is 2.44. The number of ether oxygens (including phenoxy) is 1. The van der Waals surface area contributed by atoms with Gasteiger partial charge in [0.05, 0.1) is 38.7 Å². The van der Waals surface area contributed by atoms with Gasteiger partial charge in [-0.1, -0.05) is 42.2 Å². The molecule has 6 rings (SSSR count). The third-order valence-corrected chi connectivity index (χ3v) is 8.50. The first-order valence-corrected chi connectivity index (χ1v) is 14.1. The van der Waals surface area contributed by atoms with Crippen molar-refractivity contribution < 1.29 is 9.53 Å². The van der Waals surface area contributed by atoms with Crippen molar-refractivity contribution in [3.05, 3.63) is 101 Å². The Hall–Kier alpha value is -4.25. The Morgan fingerprint density at radius 3 is 2.76 bits per heavy atom. The van der Waals surface area contributed by atoms with Gasteiger partial charge < -0.3 is 10.1 Å². The van der Waals surface area contributed by atoms with Crippen molar-refractivity contribution in [2.75, 3.05) is 12.4 Å². The molecule has 2 fully saturated rings. The van der Waals surface area contributed by atoms with Gasteiger partial charge in [0.15, 0.2) is 0 Å². The van der Waals surface area contributed by atoms with Crippen LogP contribution in [0.1, 0.15) is 48.2 Å². The number of fused-ring (bicyclic) bond motifs is 3. The first kappa shape index (κ1) is 26.9. The summed E-state index contributed by atoms with van der Waals surface area (Å²) in [4.78, 5) is 28.2. The monoisotopic (exact) mass is 563 g/mol. The normalized spacial score (nSPS) is 19.5. The molecule has 2 aromatic carbocycles. The first-order chi connectivity index (χ1) is 19.9. The molecule has 7 nitrogen and oxygen atoms in total. The van der Waals surface area contributed by atoms with Crippen molar-refractivity contribution >= 4 is 34.1 Å². The minimum Gasteiger partial charge on any atom is -0.486 e. The maximum Gasteiger partial charge on any atom is 0.247 e. The van der Waals surface area contributed by atoms with Gasteiger partial charge in [0.25, 0.3) is 0 Å². The Balaban J connectivity index is 1.29. The van der Waals surface area contributed by atoms with Crippen molar-refractivity contribution in [1.82, 2.24) is 19.9 Å². The third-order valence-electron chi connectivity index (χ3n) is 8.20. The number of aromatic nitrogens is 3. The SMILES string of the molecule is C=CC(=O)Nc1cc2c(Cc3ccc(OCc4ccccn4)c(Cl)c3)ncnc2cc1C#CC12CCC(CC1)N2C. The number of nitrogens with one attached hydrogen (secondary N) is 1. The number of hydrogen-bond donors (Lipinski definition) is 1. The quantitative estimate of drug-likeness (QED) is 0.221. The third kappa shape index (κ3) is 5.54. The van der Waals surface area contributed by atoms with Crippen molar-refractivity contribution in [2.24, 2.45) is 0 Å². The molecule has 0 unspecified atom stereocenters. The Morgan fingerprint density at radius 2 is 2.05 bits per heavy atom. The fraction of sp³-hybridized carbons (Fsp3) is 0.273. The second-order valence-electron chi connectivity index (χ2n) is 10.6. The second kappa shape index (κ2) is 11.3. The molecule has 4 aromatic rings. The summed E-state index contributed by atoms with van der Waals surface area (Å²) in [6, 6.07) is 15.9. The summed E-state index contributed by atoms with van der Waals surface area (Å²) in [5, 5.41) is 4.29. The average molecular weight is 564 g/mol. The number of carbonyl (C=O) groups is 1. The van der Waals surface area contributed by atoms with Crippen molar-refractivity contribution in [1.29, 1.82) is 0 Å². The van der Waals surface area contributed by atoms with E-state index in [1.807, 2.05) is 48.5 Å². The molecule has 0 aliphatic carbocycles. The number of pyridine rings is 1. The zero-order valence-corrected chi connectivity index (χ0v) is 23.6. The van der Waals surface area contributed by atoms with Gasteiger partial charge in [-0.15, -0.1) is 0 Å². The minimum atomic E-state index is -0.295. The van der Waals surface area contributed by atoms with E-state index in [9.17, 15) is 4.79 Å². The molecule has 2 aromatic heterocycles. The van der Waals surface area contributed by atoms with Crippen molar-refractivity contribution in [3.8, 4) is 17.6 Å². The fourth-order valence-electron chi connectivity index (χ4n) is 5.85. The Bertz CT molecular complexity index is 1690. The lowest BCUT2D eigenvalue weighted by Gasteiger charge is -2.25. The molecule has 0 atom stereocenters. The smallest absolute Gasteiger partial charge is 0.247 e. The van der Waals surface area contributed by atoms with E-state index in [-0.39, 0.29) is 11.4 Å². The van der Waals surface area contributed by atoms with Crippen molar-refractivity contribution in [3.63, 3.8) is 0 Å². The van der Waals surface area contributed by atoms with Crippen LogP contribution in [0, 0.1) is 11.8 Å². The maximum absolute atomic E-state index is 12.3. The number of amides is 1. The fourth-order valence-corrected chi connectivity index (χ4v) is 6.11. The largest absolute Gasteiger partial charge is 0.486 e. The number of carbonyl (C=O) groups excluding carboxylic acids is 1. The van der Waals surface area contributed by atoms with E-state index in [2.05, 4.69) is 50.6 Å². The predicted molar refractivity (Wildman–Crippen MR) is 161 cm³/mol. The van der Waals surface area contributed by atoms with Crippen LogP contribution in [0.3, 0.4) is 0 Å². The molecule has 0 radical (unpaired) electrons. The number of nitrogens with zero attached hydrogens (tertiary/aromatic N) is 4. The van der Waals surface area contributed by atoms with E-state index in [1.165, 1.54) is 18.9 Å². The molecule has 4 heterocycles. The van der Waals surface area contributed by atoms with E-state index in [1.54, 1.807) is 12.5 Å². The highest BCUT2D eigenvalue weighted by Gasteiger charge is 2.48. The van der Waals surface area contributed by atoms with Gasteiger partial charge >= 0.3 is 0 Å². The van der Waals surface area contributed by atoms with E-state index < -0.39 is 0 Å². The zero-order chi connectivity index (χ0) is 28.4. The van der Waals surface area contributed by atoms with Crippen LogP contribution < -0.4 is 10.1 Å². The molecule has 1 N–H and O–H groups in total. The average Bonchev–Trinajstić information content (AvgIpc) is 3.47. The summed E-state index contributed by atoms with van der Waals surface area (Å²) in [5.41, 5.74) is 4.63. The van der Waals surface area contributed by atoms with Gasteiger partial charge in [-0.2, -0.15) is 0 Å². The Morgan fingerprint density at radius 1 is 1.20 bits per heavy atom. The number of hydrogen-bond acceptors (Lipinski definition) is 6. The number of benzene rings is 2. The molecule has 41 heavy (non-hydrogen) atoms. The van der Waals surface area contributed by atoms with Crippen LogP contribution in [0.2, 0.25) is 5.02 Å². The molecular formula is C33H30ClN5O2. The van der Waals surface area contributed by atoms with Gasteiger partial charge in [-0.3, -0.25) is 14.7 Å². The van der Waals surface area contributed by atoms with Crippen LogP contribution in [-0.4, -0.2) is 44.4 Å². The summed E-state index contributed by atoms with van der Waals surface area (Å²) in [7, 11) is 2.17. The molecule has 2 aliphatic rings. The minimum absolute atomic E-state index is 0.0943. The molecule has 8 heteroatoms. The summed E-state index contributed by atoms with van der Waals surface area (Å²) in [6.45, 7) is 3.94. The molecule has 0 saturated carbocycles. The van der Waals surface area contributed by atoms with Gasteiger partial charge in [0.2, 0.25) is 5.91 Å². The summed E-state index contributed by atoms with van der Waals surface area (Å²) in [6.07, 6.45) is 9.59. The first-order valence-electron chi connectivity index (χ1n) is 13.7. The summed E-state index contributed by atoms with van der Waals surface area (Å²) >= 11 is 6.57. The van der Waals surface area contributed by atoms with Crippen LogP contribution in [0.15, 0.2) is 73.7 Å². The lowest BCUT2D eigenvalue weighted by Crippen LogP contribution is -2.36. The van der Waals surface area contributed by atoms with Gasteiger partial charge in [0, 0.05) is 24.0 Å². The topological polar surface area (TPSA) is 80.2 Å². The van der Waals surface area contributed by atoms with Gasteiger partial charge in [-0.05, 0) is 80.8 Å². The molecule has 1 amide bonds. The van der Waals surface area contributed by atoms with E-state index in [4.69, 9.17) is 16.3 Å². The van der Waals surface area contributed by atoms with Crippen LogP contribution in [-0.2, 0) is 17.8 Å². The standard InChI is InChI=1S/C33H30ClN5O2/c1-3-32(40)38-28-19-26-29(17-22-7-8-31(27(34)16-22)41-20-24-6-4-5-15-35-24)36-21-37-30(26)18-23(28)9-12-33-13-10-25(11-14-33)39(33)2/h3-8,15-16,18-19,21,25H,1,10-11,13-14,17,20H2,2H3,(H,38,40). The van der Waals surface area contributed by atoms with Crippen LogP contribution in [0.25, 0.3) is 10.9 Å². The highest BCUT2D eigenvalue weighted by atomic mass is 35.5. The summed E-state index contributed by atoms with van der Waals surface area (Å²) < 4.78 is 5.87. The van der Waals surface area contributed by atoms with E-state index in [0.717, 1.165) is 46.3 Å². The predicted octanol–water partition coefficient (Wildman–Crippen LogP) is 5.95. The van der Waals surface area contributed by atoms with Crippen LogP contribution in [0.4, 0.5) is 5.69 Å². The van der Waals surface area contributed by atoms with Gasteiger partial charge in [0.1, 0.15) is 18.7 Å². The number of anilines is 1. The molecule has 206 valence electrons. The van der Waals surface area contributed by atoms with Crippen LogP contribution >= 0.6 is 11.6 Å². The maximum atomic E-state index is 12.3. The van der Waals surface area contributed by atoms with Crippen molar-refractivity contribution in [2.45, 2.75) is 50.3 Å². The molecule has 2 bridgehead atoms. The molecule has 0 spiro atoms. The zero-order valence-electron chi connectivity index (χ0n) is 22.9. The van der Waals surface area contributed by atoms with Gasteiger partial charge in [-0.25, -0.2) is 9.97 Å². The molecule has 2 aliphatic heterocycles. The number of rotatable bonds is 7. The Labute approximate surface area is 244 Å². The molecule has 2 saturated heterocycles. The highest BCUT2D eigenvalue weighted by molar-refractivity contribution is 6.32. The lowest BCUT2D eigenvalue weighted by atomic mass is 9.88. The lowest BCUT2D eigenvalue weighted by molar-refractivity contribution is -0.111. The second-order valence-corrected chi connectivity index (χ2v) is 11.0. The summed E-state index contributed by atoms with van der Waals surface area (Å²) in [5.74, 6) is 7.25. The van der Waals surface area contributed by atoms with Crippen LogP contribution in [0.5, 0.6) is 5.75 Å². The van der Waals surface area contributed by atoms with E-state index >= 15 is 0 Å². The number of halogens is 1. The Kier molecular flexibility index (Phi) is 7.44. The molecular weight excluding hydrogens is 534 g/mol. The van der Waals surface area contributed by atoms with E-state index in [0.29, 0.717) is 35.5 Å².